The molecule has 0 fully saturated rings. The number of nitrogens with zero attached hydrogens (tertiary/aromatic N) is 2. The fraction of sp³-hybridized carbons (Fsp3) is 0.143. The van der Waals surface area contributed by atoms with Gasteiger partial charge in [0.2, 0.25) is 0 Å². The van der Waals surface area contributed by atoms with Gasteiger partial charge < -0.3 is 0 Å². The van der Waals surface area contributed by atoms with Crippen LogP contribution in [-0.4, -0.2) is 15.6 Å². The molecule has 0 saturated carbocycles. The first-order valence-electron chi connectivity index (χ1n) is 5.84. The fourth-order valence-corrected chi connectivity index (χ4v) is 3.59. The van der Waals surface area contributed by atoms with Gasteiger partial charge in [0.05, 0.1) is 9.30 Å². The van der Waals surface area contributed by atoms with Crippen LogP contribution >= 0.6 is 27.3 Å². The Morgan fingerprint density at radius 3 is 2.84 bits per heavy atom. The maximum atomic E-state index is 12.4. The van der Waals surface area contributed by atoms with Gasteiger partial charge in [-0.2, -0.15) is 5.10 Å². The molecule has 3 nitrogen and oxygen atoms in total. The van der Waals surface area contributed by atoms with Crippen molar-refractivity contribution in [3.63, 3.8) is 0 Å². The fourth-order valence-electron chi connectivity index (χ4n) is 2.11. The molecule has 0 aliphatic heterocycles. The van der Waals surface area contributed by atoms with E-state index < -0.39 is 0 Å². The van der Waals surface area contributed by atoms with Crippen molar-refractivity contribution in [1.29, 1.82) is 0 Å². The molecule has 96 valence electrons. The van der Waals surface area contributed by atoms with E-state index in [2.05, 4.69) is 21.0 Å². The largest absolute Gasteiger partial charge is 0.292 e. The average molecular weight is 335 g/mol. The monoisotopic (exact) mass is 334 g/mol. The van der Waals surface area contributed by atoms with Crippen molar-refractivity contribution in [3.05, 3.63) is 50.8 Å². The van der Waals surface area contributed by atoms with E-state index in [1.165, 1.54) is 0 Å². The second-order valence-electron chi connectivity index (χ2n) is 4.30. The summed E-state index contributed by atoms with van der Waals surface area (Å²) in [7, 11) is 1.86. The van der Waals surface area contributed by atoms with Crippen molar-refractivity contribution in [1.82, 2.24) is 9.78 Å². The van der Waals surface area contributed by atoms with Crippen molar-refractivity contribution >= 4 is 44.0 Å². The first kappa shape index (κ1) is 12.6. The Kier molecular flexibility index (Phi) is 3.24. The number of carbonyl (C=O) groups is 1. The Hall–Kier alpha value is -1.46. The Balaban J connectivity index is 1.98. The number of hydrogen-bond donors (Lipinski definition) is 0. The van der Waals surface area contributed by atoms with Gasteiger partial charge in [-0.15, -0.1) is 11.3 Å². The highest BCUT2D eigenvalue weighted by molar-refractivity contribution is 9.11. The number of aryl methyl sites for hydroxylation is 1. The van der Waals surface area contributed by atoms with Gasteiger partial charge in [0.25, 0.3) is 0 Å². The molecule has 0 aliphatic rings. The summed E-state index contributed by atoms with van der Waals surface area (Å²) in [6.07, 6.45) is 0.400. The highest BCUT2D eigenvalue weighted by atomic mass is 79.9. The van der Waals surface area contributed by atoms with Crippen molar-refractivity contribution in [2.75, 3.05) is 0 Å². The summed E-state index contributed by atoms with van der Waals surface area (Å²) < 4.78 is 2.80. The Morgan fingerprint density at radius 2 is 2.11 bits per heavy atom. The molecule has 19 heavy (non-hydrogen) atoms. The summed E-state index contributed by atoms with van der Waals surface area (Å²) in [4.78, 5) is 13.4. The average Bonchev–Trinajstić information content (AvgIpc) is 2.95. The van der Waals surface area contributed by atoms with E-state index in [1.54, 1.807) is 16.0 Å². The maximum Gasteiger partial charge on any atom is 0.188 e. The first-order valence-corrected chi connectivity index (χ1v) is 7.45. The molecule has 2 heterocycles. The molecule has 1 aromatic carbocycles. The summed E-state index contributed by atoms with van der Waals surface area (Å²) >= 11 is 4.99. The Morgan fingerprint density at radius 1 is 1.32 bits per heavy atom. The lowest BCUT2D eigenvalue weighted by Crippen LogP contribution is -2.04. The van der Waals surface area contributed by atoms with Gasteiger partial charge in [0.1, 0.15) is 5.69 Å². The normalized spacial score (nSPS) is 11.1. The molecule has 0 atom stereocenters. The maximum absolute atomic E-state index is 12.4. The SMILES string of the molecule is Cn1nc(C(=O)Cc2ccc(Br)s2)c2ccccc21. The van der Waals surface area contributed by atoms with Crippen molar-refractivity contribution in [3.8, 4) is 0 Å². The number of carbonyl (C=O) groups excluding carboxylic acids is 1. The molecular weight excluding hydrogens is 324 g/mol. The Labute approximate surface area is 123 Å². The summed E-state index contributed by atoms with van der Waals surface area (Å²) in [6.45, 7) is 0. The molecule has 0 unspecified atom stereocenters. The highest BCUT2D eigenvalue weighted by Crippen LogP contribution is 2.24. The number of rotatable bonds is 3. The van der Waals surface area contributed by atoms with Crippen molar-refractivity contribution in [2.24, 2.45) is 7.05 Å². The van der Waals surface area contributed by atoms with Crippen LogP contribution in [0, 0.1) is 0 Å². The minimum absolute atomic E-state index is 0.0613. The van der Waals surface area contributed by atoms with Gasteiger partial charge in [-0.3, -0.25) is 9.48 Å². The topological polar surface area (TPSA) is 34.9 Å². The lowest BCUT2D eigenvalue weighted by Gasteiger charge is -1.95. The van der Waals surface area contributed by atoms with Crippen molar-refractivity contribution in [2.45, 2.75) is 6.42 Å². The number of Topliss-reactive ketones (excluding diaryl/α,β-unsaturated/α-hetero) is 1. The van der Waals surface area contributed by atoms with E-state index in [0.717, 1.165) is 19.6 Å². The predicted molar refractivity (Wildman–Crippen MR) is 80.8 cm³/mol. The number of thiophene rings is 1. The minimum Gasteiger partial charge on any atom is -0.292 e. The zero-order valence-corrected chi connectivity index (χ0v) is 12.7. The molecule has 2 aromatic heterocycles. The third kappa shape index (κ3) is 2.35. The summed E-state index contributed by atoms with van der Waals surface area (Å²) in [6, 6.07) is 11.7. The molecule has 0 spiro atoms. The molecule has 0 aliphatic carbocycles. The second-order valence-corrected chi connectivity index (χ2v) is 6.84. The van der Waals surface area contributed by atoms with Crippen LogP contribution in [0.2, 0.25) is 0 Å². The zero-order chi connectivity index (χ0) is 13.4. The lowest BCUT2D eigenvalue weighted by molar-refractivity contribution is 0.0990. The number of fused-ring (bicyclic) bond motifs is 1. The van der Waals surface area contributed by atoms with Gasteiger partial charge in [0.15, 0.2) is 5.78 Å². The number of ketones is 1. The van der Waals surface area contributed by atoms with Crippen LogP contribution in [0.5, 0.6) is 0 Å². The van der Waals surface area contributed by atoms with Crippen LogP contribution in [0.3, 0.4) is 0 Å². The van der Waals surface area contributed by atoms with Gasteiger partial charge in [-0.05, 0) is 34.1 Å². The van der Waals surface area contributed by atoms with E-state index in [-0.39, 0.29) is 5.78 Å². The third-order valence-electron chi connectivity index (χ3n) is 2.99. The first-order chi connectivity index (χ1) is 9.15. The number of halogens is 1. The third-order valence-corrected chi connectivity index (χ3v) is 4.61. The standard InChI is InChI=1S/C14H11BrN2OS/c1-17-11-5-3-2-4-10(11)14(16-17)12(18)8-9-6-7-13(15)19-9/h2-7H,8H2,1H3. The van der Waals surface area contributed by atoms with Crippen molar-refractivity contribution < 1.29 is 4.79 Å². The number of aromatic nitrogens is 2. The Bertz CT molecular complexity index is 760. The minimum atomic E-state index is 0.0613. The van der Waals surface area contributed by atoms with Gasteiger partial charge in [-0.25, -0.2) is 0 Å². The summed E-state index contributed by atoms with van der Waals surface area (Å²) in [5.41, 5.74) is 1.54. The van der Waals surface area contributed by atoms with Gasteiger partial charge in [0, 0.05) is 23.7 Å². The molecule has 0 bridgehead atoms. The van der Waals surface area contributed by atoms with Gasteiger partial charge in [-0.1, -0.05) is 18.2 Å². The van der Waals surface area contributed by atoms with E-state index >= 15 is 0 Å². The number of hydrogen-bond acceptors (Lipinski definition) is 3. The van der Waals surface area contributed by atoms with Crippen LogP contribution in [0.4, 0.5) is 0 Å². The highest BCUT2D eigenvalue weighted by Gasteiger charge is 2.16. The molecule has 0 N–H and O–H groups in total. The quantitative estimate of drug-likeness (QED) is 0.682. The lowest BCUT2D eigenvalue weighted by atomic mass is 10.1. The molecule has 0 saturated heterocycles. The number of benzene rings is 1. The molecule has 0 radical (unpaired) electrons. The van der Waals surface area contributed by atoms with Crippen LogP contribution in [-0.2, 0) is 13.5 Å². The molecule has 5 heteroatoms. The number of para-hydroxylation sites is 1. The van der Waals surface area contributed by atoms with Gasteiger partial charge >= 0.3 is 0 Å². The molecule has 3 aromatic rings. The smallest absolute Gasteiger partial charge is 0.188 e. The van der Waals surface area contributed by atoms with E-state index in [1.807, 2.05) is 43.4 Å². The van der Waals surface area contributed by atoms with Crippen LogP contribution < -0.4 is 0 Å². The second kappa shape index (κ2) is 4.90. The molecule has 0 amide bonds. The summed E-state index contributed by atoms with van der Waals surface area (Å²) in [5.74, 6) is 0.0613. The predicted octanol–water partition coefficient (Wildman–Crippen LogP) is 3.82. The van der Waals surface area contributed by atoms with Crippen LogP contribution in [0.1, 0.15) is 15.4 Å². The van der Waals surface area contributed by atoms with Crippen LogP contribution in [0.15, 0.2) is 40.2 Å². The molecule has 3 rings (SSSR count). The summed E-state index contributed by atoms with van der Waals surface area (Å²) in [5, 5.41) is 5.27. The molecular formula is C14H11BrN2OS. The van der Waals surface area contributed by atoms with E-state index in [9.17, 15) is 4.79 Å². The zero-order valence-electron chi connectivity index (χ0n) is 10.3. The van der Waals surface area contributed by atoms with E-state index in [0.29, 0.717) is 12.1 Å². The van der Waals surface area contributed by atoms with E-state index in [4.69, 9.17) is 0 Å². The van der Waals surface area contributed by atoms with Crippen LogP contribution in [0.25, 0.3) is 10.9 Å².